The number of rotatable bonds is 9. The minimum absolute atomic E-state index is 0.0425. The predicted octanol–water partition coefficient (Wildman–Crippen LogP) is 1.98. The van der Waals surface area contributed by atoms with Gasteiger partial charge in [0.1, 0.15) is 12.4 Å². The summed E-state index contributed by atoms with van der Waals surface area (Å²) in [5.74, 6) is 0.214. The maximum absolute atomic E-state index is 11.1. The zero-order chi connectivity index (χ0) is 16.6. The van der Waals surface area contributed by atoms with Crippen molar-refractivity contribution in [1.82, 2.24) is 0 Å². The lowest BCUT2D eigenvalue weighted by atomic mass is 9.80. The fourth-order valence-corrected chi connectivity index (χ4v) is 2.12. The Morgan fingerprint density at radius 1 is 1.32 bits per heavy atom. The van der Waals surface area contributed by atoms with E-state index in [1.54, 1.807) is 12.1 Å². The number of aliphatic hydroxyl groups is 2. The van der Waals surface area contributed by atoms with Gasteiger partial charge in [-0.2, -0.15) is 12.6 Å². The van der Waals surface area contributed by atoms with Crippen LogP contribution >= 0.6 is 12.6 Å². The van der Waals surface area contributed by atoms with Gasteiger partial charge in [0, 0.05) is 5.56 Å². The van der Waals surface area contributed by atoms with Crippen molar-refractivity contribution in [3.05, 3.63) is 29.8 Å². The number of para-hydroxylation sites is 1. The van der Waals surface area contributed by atoms with Crippen molar-refractivity contribution in [2.45, 2.75) is 26.4 Å². The lowest BCUT2D eigenvalue weighted by molar-refractivity contribution is -0.141. The van der Waals surface area contributed by atoms with E-state index in [0.29, 0.717) is 17.7 Å². The van der Waals surface area contributed by atoms with E-state index in [9.17, 15) is 9.90 Å². The molecule has 22 heavy (non-hydrogen) atoms. The van der Waals surface area contributed by atoms with Crippen molar-refractivity contribution >= 4 is 18.6 Å². The maximum Gasteiger partial charge on any atom is 0.315 e. The van der Waals surface area contributed by atoms with Crippen LogP contribution in [0.25, 0.3) is 0 Å². The van der Waals surface area contributed by atoms with Gasteiger partial charge >= 0.3 is 5.97 Å². The van der Waals surface area contributed by atoms with Gasteiger partial charge in [-0.05, 0) is 17.9 Å². The Balaban J connectivity index is 2.75. The molecule has 0 saturated carbocycles. The highest BCUT2D eigenvalue weighted by Crippen LogP contribution is 2.40. The van der Waals surface area contributed by atoms with Gasteiger partial charge in [0.05, 0.1) is 25.1 Å². The van der Waals surface area contributed by atoms with Crippen LogP contribution in [0, 0.1) is 5.41 Å². The average Bonchev–Trinajstić information content (AvgIpc) is 2.52. The summed E-state index contributed by atoms with van der Waals surface area (Å²) in [6.45, 7) is 4.10. The lowest BCUT2D eigenvalue weighted by Crippen LogP contribution is -2.25. The number of ether oxygens (including phenoxy) is 2. The first kappa shape index (κ1) is 18.8. The maximum atomic E-state index is 11.1. The fraction of sp³-hybridized carbons (Fsp3) is 0.562. The van der Waals surface area contributed by atoms with Gasteiger partial charge in [-0.15, -0.1) is 0 Å². The summed E-state index contributed by atoms with van der Waals surface area (Å²) >= 11 is 3.84. The van der Waals surface area contributed by atoms with E-state index in [-0.39, 0.29) is 31.5 Å². The third-order valence-corrected chi connectivity index (χ3v) is 3.70. The quantitative estimate of drug-likeness (QED) is 0.477. The van der Waals surface area contributed by atoms with Crippen molar-refractivity contribution in [3.63, 3.8) is 0 Å². The lowest BCUT2D eigenvalue weighted by Gasteiger charge is -2.31. The number of hydrogen-bond acceptors (Lipinski definition) is 6. The van der Waals surface area contributed by atoms with Gasteiger partial charge in [0.15, 0.2) is 0 Å². The number of aliphatic hydroxyl groups excluding tert-OH is 2. The minimum Gasteiger partial charge on any atom is -0.491 e. The summed E-state index contributed by atoms with van der Waals surface area (Å²) in [5.41, 5.74) is 0.150. The van der Waals surface area contributed by atoms with Crippen LogP contribution in [0.4, 0.5) is 0 Å². The van der Waals surface area contributed by atoms with Crippen molar-refractivity contribution in [3.8, 4) is 5.75 Å². The van der Waals surface area contributed by atoms with E-state index >= 15 is 0 Å². The van der Waals surface area contributed by atoms with Crippen LogP contribution in [0.1, 0.15) is 31.9 Å². The first-order valence-corrected chi connectivity index (χ1v) is 7.82. The summed E-state index contributed by atoms with van der Waals surface area (Å²) in [6, 6.07) is 7.18. The molecule has 1 rings (SSSR count). The van der Waals surface area contributed by atoms with Crippen LogP contribution in [0.2, 0.25) is 0 Å². The number of carbonyl (C=O) groups excluding carboxylic acids is 1. The number of hydrogen-bond donors (Lipinski definition) is 3. The van der Waals surface area contributed by atoms with Gasteiger partial charge in [0.2, 0.25) is 0 Å². The Morgan fingerprint density at radius 2 is 2.00 bits per heavy atom. The smallest absolute Gasteiger partial charge is 0.315 e. The second-order valence-electron chi connectivity index (χ2n) is 5.63. The molecule has 1 aromatic carbocycles. The zero-order valence-corrected chi connectivity index (χ0v) is 13.9. The van der Waals surface area contributed by atoms with Gasteiger partial charge < -0.3 is 19.7 Å². The molecular weight excluding hydrogens is 304 g/mol. The zero-order valence-electron chi connectivity index (χ0n) is 13.0. The molecule has 0 aliphatic carbocycles. The molecule has 1 aromatic rings. The number of esters is 1. The fourth-order valence-electron chi connectivity index (χ4n) is 2.02. The van der Waals surface area contributed by atoms with E-state index in [1.165, 1.54) is 0 Å². The number of carbonyl (C=O) groups is 1. The van der Waals surface area contributed by atoms with E-state index < -0.39 is 11.5 Å². The molecule has 0 fully saturated rings. The highest BCUT2D eigenvalue weighted by Gasteiger charge is 2.31. The molecule has 0 aliphatic heterocycles. The Labute approximate surface area is 136 Å². The van der Waals surface area contributed by atoms with E-state index in [1.807, 2.05) is 26.0 Å². The molecule has 2 N–H and O–H groups in total. The van der Waals surface area contributed by atoms with Crippen molar-refractivity contribution in [1.29, 1.82) is 0 Å². The topological polar surface area (TPSA) is 76.0 Å². The molecule has 1 atom stereocenters. The molecule has 0 unspecified atom stereocenters. The highest BCUT2D eigenvalue weighted by atomic mass is 32.1. The third kappa shape index (κ3) is 5.51. The van der Waals surface area contributed by atoms with Crippen molar-refractivity contribution in [2.75, 3.05) is 25.6 Å². The molecule has 0 aliphatic rings. The van der Waals surface area contributed by atoms with Crippen molar-refractivity contribution < 1.29 is 24.5 Å². The summed E-state index contributed by atoms with van der Waals surface area (Å²) in [5, 5.41) is 19.5. The molecule has 0 aromatic heterocycles. The second-order valence-corrected chi connectivity index (χ2v) is 5.95. The van der Waals surface area contributed by atoms with Crippen LogP contribution in [-0.4, -0.2) is 41.8 Å². The Bertz CT molecular complexity index is 475. The molecular formula is C16H24O5S. The standard InChI is InChI=1S/C16H24O5S/c1-16(2,7-9-21-14(18)11-22)15(19)12-5-3-4-6-13(12)20-10-8-17/h3-6,15,17,19,22H,7-11H2,1-2H3/t15-/m1/s1. The van der Waals surface area contributed by atoms with Crippen LogP contribution in [0.3, 0.4) is 0 Å². The molecule has 0 radical (unpaired) electrons. The van der Waals surface area contributed by atoms with Crippen LogP contribution in [-0.2, 0) is 9.53 Å². The minimum atomic E-state index is -0.780. The van der Waals surface area contributed by atoms with Gasteiger partial charge in [-0.1, -0.05) is 32.0 Å². The largest absolute Gasteiger partial charge is 0.491 e. The van der Waals surface area contributed by atoms with Crippen LogP contribution in [0.15, 0.2) is 24.3 Å². The molecule has 0 bridgehead atoms. The van der Waals surface area contributed by atoms with E-state index in [4.69, 9.17) is 14.6 Å². The summed E-state index contributed by atoms with van der Waals surface area (Å²) in [6.07, 6.45) is -0.278. The summed E-state index contributed by atoms with van der Waals surface area (Å²) in [4.78, 5) is 11.1. The molecule has 0 spiro atoms. The van der Waals surface area contributed by atoms with Gasteiger partial charge in [-0.25, -0.2) is 0 Å². The molecule has 124 valence electrons. The predicted molar refractivity (Wildman–Crippen MR) is 87.2 cm³/mol. The monoisotopic (exact) mass is 328 g/mol. The van der Waals surface area contributed by atoms with E-state index in [0.717, 1.165) is 0 Å². The second kappa shape index (κ2) is 9.02. The van der Waals surface area contributed by atoms with E-state index in [2.05, 4.69) is 12.6 Å². The normalized spacial score (nSPS) is 12.8. The highest BCUT2D eigenvalue weighted by molar-refractivity contribution is 7.81. The Kier molecular flexibility index (Phi) is 7.72. The number of benzene rings is 1. The van der Waals surface area contributed by atoms with Crippen molar-refractivity contribution in [2.24, 2.45) is 5.41 Å². The molecule has 0 saturated heterocycles. The van der Waals surface area contributed by atoms with Gasteiger partial charge in [-0.3, -0.25) is 4.79 Å². The van der Waals surface area contributed by atoms with Crippen LogP contribution < -0.4 is 4.74 Å². The Morgan fingerprint density at radius 3 is 2.64 bits per heavy atom. The average molecular weight is 328 g/mol. The summed E-state index contributed by atoms with van der Waals surface area (Å²) < 4.78 is 10.5. The molecule has 6 heteroatoms. The Hall–Kier alpha value is -1.24. The SMILES string of the molecule is CC(C)(CCOC(=O)CS)[C@H](O)c1ccccc1OCCO. The third-order valence-electron chi connectivity index (χ3n) is 3.44. The summed E-state index contributed by atoms with van der Waals surface area (Å²) in [7, 11) is 0. The van der Waals surface area contributed by atoms with Gasteiger partial charge in [0.25, 0.3) is 0 Å². The first-order valence-electron chi connectivity index (χ1n) is 7.19. The molecule has 5 nitrogen and oxygen atoms in total. The first-order chi connectivity index (χ1) is 10.4. The molecule has 0 heterocycles. The van der Waals surface area contributed by atoms with Crippen LogP contribution in [0.5, 0.6) is 5.75 Å². The molecule has 0 amide bonds. The number of thiol groups is 1.